The van der Waals surface area contributed by atoms with Gasteiger partial charge in [-0.2, -0.15) is 13.2 Å². The third-order valence-electron chi connectivity index (χ3n) is 3.19. The lowest BCUT2D eigenvalue weighted by atomic mass is 9.99. The summed E-state index contributed by atoms with van der Waals surface area (Å²) < 4.78 is 46.4. The number of nitrogens with one attached hydrogen (secondary N) is 1. The van der Waals surface area contributed by atoms with E-state index in [0.29, 0.717) is 5.75 Å². The number of hydrogen-bond donors (Lipinski definition) is 1. The van der Waals surface area contributed by atoms with Crippen LogP contribution in [0.4, 0.5) is 13.2 Å². The van der Waals surface area contributed by atoms with Crippen molar-refractivity contribution < 1.29 is 22.6 Å². The molecule has 0 fully saturated rings. The average molecular weight is 291 g/mol. The van der Waals surface area contributed by atoms with E-state index in [-0.39, 0.29) is 12.6 Å². The molecule has 1 N–H and O–H groups in total. The van der Waals surface area contributed by atoms with Crippen LogP contribution in [0.15, 0.2) is 12.1 Å². The zero-order valence-electron chi connectivity index (χ0n) is 12.1. The molecule has 1 rings (SSSR count). The highest BCUT2D eigenvalue weighted by Crippen LogP contribution is 2.31. The highest BCUT2D eigenvalue weighted by Gasteiger charge is 2.28. The zero-order chi connectivity index (χ0) is 15.3. The summed E-state index contributed by atoms with van der Waals surface area (Å²) in [4.78, 5) is 0. The van der Waals surface area contributed by atoms with Crippen LogP contribution in [0.3, 0.4) is 0 Å². The summed E-state index contributed by atoms with van der Waals surface area (Å²) in [5.74, 6) is 0.681. The third-order valence-corrected chi connectivity index (χ3v) is 3.19. The Balaban J connectivity index is 2.87. The molecule has 0 aliphatic heterocycles. The van der Waals surface area contributed by atoms with Gasteiger partial charge in [-0.25, -0.2) is 0 Å². The molecule has 1 atom stereocenters. The van der Waals surface area contributed by atoms with Crippen LogP contribution in [0.1, 0.15) is 22.7 Å². The topological polar surface area (TPSA) is 30.5 Å². The number of halogens is 3. The zero-order valence-corrected chi connectivity index (χ0v) is 12.1. The van der Waals surface area contributed by atoms with Gasteiger partial charge in [-0.15, -0.1) is 0 Å². The Morgan fingerprint density at radius 1 is 1.25 bits per heavy atom. The van der Waals surface area contributed by atoms with Crippen molar-refractivity contribution in [3.8, 4) is 5.75 Å². The fraction of sp³-hybridized carbons (Fsp3) is 0.571. The molecule has 1 unspecified atom stereocenters. The van der Waals surface area contributed by atoms with Crippen LogP contribution in [-0.4, -0.2) is 33.5 Å². The van der Waals surface area contributed by atoms with E-state index in [4.69, 9.17) is 9.47 Å². The Morgan fingerprint density at radius 3 is 2.40 bits per heavy atom. The van der Waals surface area contributed by atoms with Gasteiger partial charge in [0.25, 0.3) is 0 Å². The first kappa shape index (κ1) is 16.8. The molecular formula is C14H20F3NO2. The van der Waals surface area contributed by atoms with Crippen LogP contribution in [-0.2, 0) is 4.74 Å². The van der Waals surface area contributed by atoms with Gasteiger partial charge in [-0.1, -0.05) is 12.1 Å². The van der Waals surface area contributed by atoms with E-state index in [1.54, 1.807) is 14.2 Å². The number of benzene rings is 1. The van der Waals surface area contributed by atoms with Crippen LogP contribution >= 0.6 is 0 Å². The predicted octanol–water partition coefficient (Wildman–Crippen LogP) is 3.15. The summed E-state index contributed by atoms with van der Waals surface area (Å²) in [5.41, 5.74) is 2.83. The summed E-state index contributed by atoms with van der Waals surface area (Å²) >= 11 is 0. The fourth-order valence-electron chi connectivity index (χ4n) is 1.98. The second kappa shape index (κ2) is 6.95. The summed E-state index contributed by atoms with van der Waals surface area (Å²) in [6, 6.07) is 3.41. The van der Waals surface area contributed by atoms with Crippen molar-refractivity contribution >= 4 is 0 Å². The lowest BCUT2D eigenvalue weighted by Crippen LogP contribution is -2.26. The molecule has 114 valence electrons. The molecule has 6 heteroatoms. The Labute approximate surface area is 117 Å². The Morgan fingerprint density at radius 2 is 1.90 bits per heavy atom. The minimum Gasteiger partial charge on any atom is -0.496 e. The van der Waals surface area contributed by atoms with E-state index in [1.165, 1.54) is 0 Å². The van der Waals surface area contributed by atoms with Crippen molar-refractivity contribution in [3.63, 3.8) is 0 Å². The molecular weight excluding hydrogens is 271 g/mol. The maximum atomic E-state index is 12.1. The van der Waals surface area contributed by atoms with Gasteiger partial charge in [0.1, 0.15) is 12.4 Å². The lowest BCUT2D eigenvalue weighted by Gasteiger charge is -2.22. The summed E-state index contributed by atoms with van der Waals surface area (Å²) in [6.07, 6.45) is -4.31. The SMILES string of the molecule is CNC(COCC(F)(F)F)c1ccc(C)c(C)c1OC. The molecule has 0 saturated carbocycles. The highest BCUT2D eigenvalue weighted by molar-refractivity contribution is 5.46. The Hall–Kier alpha value is -1.27. The highest BCUT2D eigenvalue weighted by atomic mass is 19.4. The number of methoxy groups -OCH3 is 1. The predicted molar refractivity (Wildman–Crippen MR) is 71.1 cm³/mol. The van der Waals surface area contributed by atoms with Crippen LogP contribution in [0, 0.1) is 13.8 Å². The molecule has 0 spiro atoms. The van der Waals surface area contributed by atoms with Crippen LogP contribution in [0.25, 0.3) is 0 Å². The van der Waals surface area contributed by atoms with Gasteiger partial charge in [-0.3, -0.25) is 0 Å². The maximum Gasteiger partial charge on any atom is 0.411 e. The van der Waals surface area contributed by atoms with E-state index in [2.05, 4.69) is 5.32 Å². The van der Waals surface area contributed by atoms with Crippen molar-refractivity contribution in [1.29, 1.82) is 0 Å². The molecule has 1 aromatic carbocycles. The minimum absolute atomic E-state index is 0.0745. The summed E-state index contributed by atoms with van der Waals surface area (Å²) in [5, 5.41) is 2.95. The molecule has 0 heterocycles. The smallest absolute Gasteiger partial charge is 0.411 e. The van der Waals surface area contributed by atoms with E-state index in [9.17, 15) is 13.2 Å². The van der Waals surface area contributed by atoms with Crippen molar-refractivity contribution in [3.05, 3.63) is 28.8 Å². The Kier molecular flexibility index (Phi) is 5.83. The van der Waals surface area contributed by atoms with Gasteiger partial charge in [0, 0.05) is 5.56 Å². The van der Waals surface area contributed by atoms with Crippen molar-refractivity contribution in [1.82, 2.24) is 5.32 Å². The number of aryl methyl sites for hydroxylation is 1. The van der Waals surface area contributed by atoms with Crippen molar-refractivity contribution in [2.24, 2.45) is 0 Å². The first-order chi connectivity index (χ1) is 9.30. The van der Waals surface area contributed by atoms with Crippen molar-refractivity contribution in [2.75, 3.05) is 27.4 Å². The van der Waals surface area contributed by atoms with Gasteiger partial charge in [0.15, 0.2) is 0 Å². The van der Waals surface area contributed by atoms with Crippen LogP contribution in [0.5, 0.6) is 5.75 Å². The standard InChI is InChI=1S/C14H20F3NO2/c1-9-5-6-11(13(19-4)10(9)2)12(18-3)7-20-8-14(15,16)17/h5-6,12,18H,7-8H2,1-4H3. The molecule has 0 aromatic heterocycles. The minimum atomic E-state index is -4.31. The Bertz CT molecular complexity index is 447. The molecule has 1 aromatic rings. The van der Waals surface area contributed by atoms with Crippen LogP contribution in [0.2, 0.25) is 0 Å². The van der Waals surface area contributed by atoms with E-state index >= 15 is 0 Å². The first-order valence-electron chi connectivity index (χ1n) is 6.26. The van der Waals surface area contributed by atoms with Gasteiger partial charge in [0.05, 0.1) is 19.8 Å². The van der Waals surface area contributed by atoms with E-state index < -0.39 is 12.8 Å². The average Bonchev–Trinajstić information content (AvgIpc) is 2.37. The summed E-state index contributed by atoms with van der Waals surface area (Å²) in [7, 11) is 3.23. The number of hydrogen-bond acceptors (Lipinski definition) is 3. The maximum absolute atomic E-state index is 12.1. The molecule has 0 saturated heterocycles. The van der Waals surface area contributed by atoms with Gasteiger partial charge in [-0.05, 0) is 32.0 Å². The second-order valence-electron chi connectivity index (χ2n) is 4.60. The molecule has 3 nitrogen and oxygen atoms in total. The normalized spacial score (nSPS) is 13.3. The number of alkyl halides is 3. The molecule has 0 amide bonds. The third kappa shape index (κ3) is 4.38. The van der Waals surface area contributed by atoms with Gasteiger partial charge >= 0.3 is 6.18 Å². The monoisotopic (exact) mass is 291 g/mol. The van der Waals surface area contributed by atoms with E-state index in [1.807, 2.05) is 26.0 Å². The molecule has 0 aliphatic rings. The van der Waals surface area contributed by atoms with Crippen molar-refractivity contribution in [2.45, 2.75) is 26.1 Å². The largest absolute Gasteiger partial charge is 0.496 e. The molecule has 0 aliphatic carbocycles. The molecule has 20 heavy (non-hydrogen) atoms. The number of ether oxygens (including phenoxy) is 2. The fourth-order valence-corrected chi connectivity index (χ4v) is 1.98. The molecule has 0 radical (unpaired) electrons. The lowest BCUT2D eigenvalue weighted by molar-refractivity contribution is -0.175. The summed E-state index contributed by atoms with van der Waals surface area (Å²) in [6.45, 7) is 2.55. The quantitative estimate of drug-likeness (QED) is 0.873. The number of likely N-dealkylation sites (N-methyl/N-ethyl adjacent to an activating group) is 1. The van der Waals surface area contributed by atoms with Crippen LogP contribution < -0.4 is 10.1 Å². The van der Waals surface area contributed by atoms with Gasteiger partial charge in [0.2, 0.25) is 0 Å². The second-order valence-corrected chi connectivity index (χ2v) is 4.60. The van der Waals surface area contributed by atoms with Gasteiger partial charge < -0.3 is 14.8 Å². The van der Waals surface area contributed by atoms with E-state index in [0.717, 1.165) is 16.7 Å². The number of rotatable bonds is 6. The molecule has 0 bridgehead atoms. The first-order valence-corrected chi connectivity index (χ1v) is 6.26.